The van der Waals surface area contributed by atoms with E-state index in [0.29, 0.717) is 12.5 Å². The molecule has 0 saturated heterocycles. The number of rotatable bonds is 5. The molecule has 1 aliphatic carbocycles. The molecule has 20 heavy (non-hydrogen) atoms. The number of sulfonamides is 1. The maximum atomic E-state index is 13.4. The highest BCUT2D eigenvalue weighted by molar-refractivity contribution is 7.89. The molecule has 0 radical (unpaired) electrons. The van der Waals surface area contributed by atoms with Crippen LogP contribution in [0, 0.1) is 17.7 Å². The second-order valence-corrected chi connectivity index (χ2v) is 7.28. The van der Waals surface area contributed by atoms with Gasteiger partial charge in [-0.2, -0.15) is 0 Å². The van der Waals surface area contributed by atoms with E-state index < -0.39 is 20.9 Å². The van der Waals surface area contributed by atoms with Crippen LogP contribution in [0.3, 0.4) is 0 Å². The van der Waals surface area contributed by atoms with Gasteiger partial charge in [0.2, 0.25) is 5.03 Å². The minimum Gasteiger partial charge on any atom is -0.241 e. The van der Waals surface area contributed by atoms with Gasteiger partial charge in [0.1, 0.15) is 0 Å². The Morgan fingerprint density at radius 1 is 1.35 bits per heavy atom. The van der Waals surface area contributed by atoms with Crippen molar-refractivity contribution in [3.05, 3.63) is 24.1 Å². The van der Waals surface area contributed by atoms with E-state index in [0.717, 1.165) is 31.2 Å². The Kier molecular flexibility index (Phi) is 5.10. The summed E-state index contributed by atoms with van der Waals surface area (Å²) in [6.45, 7) is 2.60. The topological polar surface area (TPSA) is 59.1 Å². The average Bonchev–Trinajstić information content (AvgIpc) is 2.41. The van der Waals surface area contributed by atoms with Gasteiger partial charge in [0.15, 0.2) is 5.82 Å². The minimum atomic E-state index is -3.84. The van der Waals surface area contributed by atoms with Crippen LogP contribution in [0.5, 0.6) is 0 Å². The molecule has 1 heterocycles. The van der Waals surface area contributed by atoms with Crippen LogP contribution >= 0.6 is 0 Å². The van der Waals surface area contributed by atoms with Crippen LogP contribution in [-0.2, 0) is 10.0 Å². The van der Waals surface area contributed by atoms with E-state index in [2.05, 4.69) is 16.6 Å². The molecule has 112 valence electrons. The molecule has 0 aliphatic heterocycles. The molecule has 1 fully saturated rings. The van der Waals surface area contributed by atoms with Crippen molar-refractivity contribution in [1.82, 2.24) is 9.71 Å². The molecular formula is C14H21FN2O2S. The Morgan fingerprint density at radius 2 is 2.05 bits per heavy atom. The van der Waals surface area contributed by atoms with Gasteiger partial charge in [-0.1, -0.05) is 32.6 Å². The summed E-state index contributed by atoms with van der Waals surface area (Å²) in [5, 5.41) is -0.516. The summed E-state index contributed by atoms with van der Waals surface area (Å²) in [4.78, 5) is 3.60. The maximum absolute atomic E-state index is 13.4. The fourth-order valence-electron chi connectivity index (χ4n) is 2.65. The number of nitrogens with one attached hydrogen (secondary N) is 1. The van der Waals surface area contributed by atoms with E-state index in [9.17, 15) is 12.8 Å². The minimum absolute atomic E-state index is 0.345. The van der Waals surface area contributed by atoms with Crippen molar-refractivity contribution in [3.63, 3.8) is 0 Å². The van der Waals surface area contributed by atoms with Crippen LogP contribution < -0.4 is 4.72 Å². The first-order valence-corrected chi connectivity index (χ1v) is 8.57. The second-order valence-electron chi connectivity index (χ2n) is 5.60. The van der Waals surface area contributed by atoms with Crippen LogP contribution in [0.2, 0.25) is 0 Å². The molecule has 0 unspecified atom stereocenters. The maximum Gasteiger partial charge on any atom is 0.261 e. The third kappa shape index (κ3) is 3.99. The first-order chi connectivity index (χ1) is 9.49. The van der Waals surface area contributed by atoms with Gasteiger partial charge < -0.3 is 0 Å². The largest absolute Gasteiger partial charge is 0.261 e. The van der Waals surface area contributed by atoms with Crippen molar-refractivity contribution in [2.24, 2.45) is 11.8 Å². The lowest BCUT2D eigenvalue weighted by atomic mass is 9.81. The van der Waals surface area contributed by atoms with E-state index >= 15 is 0 Å². The van der Waals surface area contributed by atoms with E-state index in [4.69, 9.17) is 0 Å². The molecule has 0 amide bonds. The van der Waals surface area contributed by atoms with E-state index in [-0.39, 0.29) is 0 Å². The summed E-state index contributed by atoms with van der Waals surface area (Å²) in [6, 6.07) is 2.47. The number of halogens is 1. The molecule has 1 N–H and O–H groups in total. The average molecular weight is 300 g/mol. The van der Waals surface area contributed by atoms with Gasteiger partial charge in [0.25, 0.3) is 10.0 Å². The lowest BCUT2D eigenvalue weighted by molar-refractivity contribution is 0.278. The molecular weight excluding hydrogens is 279 g/mol. The molecule has 4 nitrogen and oxygen atoms in total. The Morgan fingerprint density at radius 3 is 2.70 bits per heavy atom. The highest BCUT2D eigenvalue weighted by Gasteiger charge is 2.22. The Labute approximate surface area is 119 Å². The third-order valence-electron chi connectivity index (χ3n) is 3.96. The molecule has 0 spiro atoms. The first-order valence-electron chi connectivity index (χ1n) is 7.09. The van der Waals surface area contributed by atoms with Gasteiger partial charge in [-0.15, -0.1) is 0 Å². The molecule has 6 heteroatoms. The molecule has 1 aromatic heterocycles. The van der Waals surface area contributed by atoms with Gasteiger partial charge in [0, 0.05) is 12.7 Å². The van der Waals surface area contributed by atoms with Gasteiger partial charge in [0.05, 0.1) is 0 Å². The summed E-state index contributed by atoms with van der Waals surface area (Å²) in [5.74, 6) is 0.541. The Bertz CT molecular complexity index is 540. The molecule has 2 rings (SSSR count). The summed E-state index contributed by atoms with van der Waals surface area (Å²) < 4.78 is 39.7. The van der Waals surface area contributed by atoms with Crippen molar-refractivity contribution < 1.29 is 12.8 Å². The molecule has 0 aromatic carbocycles. The molecule has 1 aliphatic rings. The first kappa shape index (κ1) is 15.4. The Hall–Kier alpha value is -1.01. The number of nitrogens with zero attached hydrogens (tertiary/aromatic N) is 1. The highest BCUT2D eigenvalue weighted by Crippen LogP contribution is 2.30. The molecule has 0 bridgehead atoms. The van der Waals surface area contributed by atoms with E-state index in [1.807, 2.05) is 0 Å². The fourth-order valence-corrected chi connectivity index (χ4v) is 3.70. The van der Waals surface area contributed by atoms with Crippen LogP contribution in [0.15, 0.2) is 23.4 Å². The van der Waals surface area contributed by atoms with Crippen molar-refractivity contribution in [2.75, 3.05) is 6.54 Å². The monoisotopic (exact) mass is 300 g/mol. The third-order valence-corrected chi connectivity index (χ3v) is 5.35. The second kappa shape index (κ2) is 6.63. The predicted molar refractivity (Wildman–Crippen MR) is 75.1 cm³/mol. The van der Waals surface area contributed by atoms with Crippen LogP contribution in [0.4, 0.5) is 4.39 Å². The summed E-state index contributed by atoms with van der Waals surface area (Å²) in [7, 11) is -3.84. The lowest BCUT2D eigenvalue weighted by Crippen LogP contribution is -2.28. The number of hydrogen-bond acceptors (Lipinski definition) is 3. The molecule has 1 aromatic rings. The number of hydrogen-bond donors (Lipinski definition) is 1. The van der Waals surface area contributed by atoms with Crippen molar-refractivity contribution in [2.45, 2.75) is 44.1 Å². The quantitative estimate of drug-likeness (QED) is 0.909. The van der Waals surface area contributed by atoms with Gasteiger partial charge in [-0.25, -0.2) is 22.5 Å². The van der Waals surface area contributed by atoms with Crippen molar-refractivity contribution >= 4 is 10.0 Å². The normalized spacial score (nSPS) is 23.7. The van der Waals surface area contributed by atoms with Crippen molar-refractivity contribution in [3.8, 4) is 0 Å². The molecule has 1 saturated carbocycles. The fraction of sp³-hybridized carbons (Fsp3) is 0.643. The lowest BCUT2D eigenvalue weighted by Gasteiger charge is -2.26. The van der Waals surface area contributed by atoms with Crippen LogP contribution in [-0.4, -0.2) is 19.9 Å². The van der Waals surface area contributed by atoms with Crippen LogP contribution in [0.1, 0.15) is 39.0 Å². The van der Waals surface area contributed by atoms with Crippen LogP contribution in [0.25, 0.3) is 0 Å². The zero-order chi connectivity index (χ0) is 14.6. The zero-order valence-electron chi connectivity index (χ0n) is 11.7. The summed E-state index contributed by atoms with van der Waals surface area (Å²) in [5.41, 5.74) is 0. The van der Waals surface area contributed by atoms with Crippen molar-refractivity contribution in [1.29, 1.82) is 0 Å². The standard InChI is InChI=1S/C14H21FN2O2S/c1-11-4-6-12(7-5-11)8-10-17-20(18,19)14-13(15)3-2-9-16-14/h2-3,9,11-12,17H,4-8,10H2,1H3. The number of aromatic nitrogens is 1. The highest BCUT2D eigenvalue weighted by atomic mass is 32.2. The Balaban J connectivity index is 1.86. The smallest absolute Gasteiger partial charge is 0.241 e. The van der Waals surface area contributed by atoms with Gasteiger partial charge >= 0.3 is 0 Å². The van der Waals surface area contributed by atoms with Gasteiger partial charge in [-0.3, -0.25) is 0 Å². The van der Waals surface area contributed by atoms with Gasteiger partial charge in [-0.05, 0) is 30.4 Å². The number of pyridine rings is 1. The van der Waals surface area contributed by atoms with E-state index in [1.54, 1.807) is 0 Å². The SMILES string of the molecule is CC1CCC(CCNS(=O)(=O)c2ncccc2F)CC1. The predicted octanol–water partition coefficient (Wildman–Crippen LogP) is 2.72. The van der Waals surface area contributed by atoms with E-state index in [1.165, 1.54) is 25.1 Å². The summed E-state index contributed by atoms with van der Waals surface area (Å²) >= 11 is 0. The molecule has 0 atom stereocenters. The summed E-state index contributed by atoms with van der Waals surface area (Å²) in [6.07, 6.45) is 6.82. The zero-order valence-corrected chi connectivity index (χ0v) is 12.5.